The molecule has 1 amide bonds. The molecule has 2 fully saturated rings. The van der Waals surface area contributed by atoms with Crippen LogP contribution in [0.15, 0.2) is 24.3 Å². The molecule has 23 heavy (non-hydrogen) atoms. The van der Waals surface area contributed by atoms with Gasteiger partial charge in [0.15, 0.2) is 0 Å². The van der Waals surface area contributed by atoms with Gasteiger partial charge in [0.1, 0.15) is 0 Å². The average molecular weight is 335 g/mol. The van der Waals surface area contributed by atoms with E-state index in [4.69, 9.17) is 11.6 Å². The van der Waals surface area contributed by atoms with Gasteiger partial charge >= 0.3 is 0 Å². The van der Waals surface area contributed by atoms with E-state index in [1.54, 1.807) is 0 Å². The molecule has 0 spiro atoms. The van der Waals surface area contributed by atoms with Crippen molar-refractivity contribution in [2.45, 2.75) is 51.6 Å². The molecule has 0 unspecified atom stereocenters. The predicted octanol–water partition coefficient (Wildman–Crippen LogP) is 4.03. The monoisotopic (exact) mass is 334 g/mol. The Morgan fingerprint density at radius 2 is 2.09 bits per heavy atom. The Balaban J connectivity index is 1.61. The second kappa shape index (κ2) is 7.23. The quantitative estimate of drug-likeness (QED) is 0.881. The first kappa shape index (κ1) is 16.8. The zero-order chi connectivity index (χ0) is 16.4. The summed E-state index contributed by atoms with van der Waals surface area (Å²) in [6.45, 7) is 6.19. The van der Waals surface area contributed by atoms with Crippen LogP contribution in [0.1, 0.15) is 51.1 Å². The Hall–Kier alpha value is -1.06. The van der Waals surface area contributed by atoms with Crippen molar-refractivity contribution < 1.29 is 4.79 Å². The summed E-state index contributed by atoms with van der Waals surface area (Å²) in [5.74, 6) is 1.25. The third-order valence-electron chi connectivity index (χ3n) is 5.33. The van der Waals surface area contributed by atoms with Gasteiger partial charge in [-0.05, 0) is 43.7 Å². The van der Waals surface area contributed by atoms with Crippen LogP contribution in [0.25, 0.3) is 0 Å². The van der Waals surface area contributed by atoms with Crippen LogP contribution in [-0.2, 0) is 4.79 Å². The SMILES string of the molecule is CC[C@@H]1CN(C(=O)C2CC2)CC[C@H]1N[C@@H](C)c1ccccc1Cl. The number of nitrogens with zero attached hydrogens (tertiary/aromatic N) is 1. The minimum absolute atomic E-state index is 0.230. The largest absolute Gasteiger partial charge is 0.342 e. The molecule has 0 radical (unpaired) electrons. The van der Waals surface area contributed by atoms with E-state index >= 15 is 0 Å². The number of amides is 1. The fraction of sp³-hybridized carbons (Fsp3) is 0.632. The predicted molar refractivity (Wildman–Crippen MR) is 94.5 cm³/mol. The first-order chi connectivity index (χ1) is 11.1. The van der Waals surface area contributed by atoms with E-state index < -0.39 is 0 Å². The molecule has 1 aliphatic heterocycles. The van der Waals surface area contributed by atoms with Crippen molar-refractivity contribution in [2.75, 3.05) is 13.1 Å². The summed E-state index contributed by atoms with van der Waals surface area (Å²) in [6.07, 6.45) is 4.32. The topological polar surface area (TPSA) is 32.3 Å². The number of hydrogen-bond donors (Lipinski definition) is 1. The molecule has 3 rings (SSSR count). The van der Waals surface area contributed by atoms with Gasteiger partial charge in [-0.15, -0.1) is 0 Å². The summed E-state index contributed by atoms with van der Waals surface area (Å²) in [6, 6.07) is 8.72. The molecular formula is C19H27ClN2O. The molecule has 1 aliphatic carbocycles. The van der Waals surface area contributed by atoms with Crippen molar-refractivity contribution in [3.63, 3.8) is 0 Å². The normalized spacial score (nSPS) is 26.1. The highest BCUT2D eigenvalue weighted by molar-refractivity contribution is 6.31. The molecule has 3 nitrogen and oxygen atoms in total. The van der Waals surface area contributed by atoms with E-state index in [2.05, 4.69) is 30.1 Å². The zero-order valence-corrected chi connectivity index (χ0v) is 14.9. The summed E-state index contributed by atoms with van der Waals surface area (Å²) in [7, 11) is 0. The van der Waals surface area contributed by atoms with Crippen molar-refractivity contribution in [3.8, 4) is 0 Å². The number of halogens is 1. The third-order valence-corrected chi connectivity index (χ3v) is 5.68. The molecule has 1 heterocycles. The molecule has 0 aromatic heterocycles. The smallest absolute Gasteiger partial charge is 0.225 e. The maximum atomic E-state index is 12.3. The number of hydrogen-bond acceptors (Lipinski definition) is 2. The van der Waals surface area contributed by atoms with Gasteiger partial charge in [0.2, 0.25) is 5.91 Å². The molecule has 1 aromatic rings. The zero-order valence-electron chi connectivity index (χ0n) is 14.1. The number of likely N-dealkylation sites (tertiary alicyclic amines) is 1. The van der Waals surface area contributed by atoms with E-state index in [-0.39, 0.29) is 6.04 Å². The summed E-state index contributed by atoms with van der Waals surface area (Å²) < 4.78 is 0. The van der Waals surface area contributed by atoms with Gasteiger partial charge < -0.3 is 10.2 Å². The molecule has 1 saturated heterocycles. The fourth-order valence-corrected chi connectivity index (χ4v) is 3.99. The Kier molecular flexibility index (Phi) is 5.27. The highest BCUT2D eigenvalue weighted by Gasteiger charge is 2.37. The van der Waals surface area contributed by atoms with Crippen LogP contribution in [0.5, 0.6) is 0 Å². The summed E-state index contributed by atoms with van der Waals surface area (Å²) in [5, 5.41) is 4.58. The second-order valence-electron chi connectivity index (χ2n) is 7.03. The van der Waals surface area contributed by atoms with E-state index in [1.165, 1.54) is 0 Å². The lowest BCUT2D eigenvalue weighted by Gasteiger charge is -2.40. The summed E-state index contributed by atoms with van der Waals surface area (Å²) in [5.41, 5.74) is 1.15. The Morgan fingerprint density at radius 3 is 2.74 bits per heavy atom. The van der Waals surface area contributed by atoms with E-state index in [9.17, 15) is 4.79 Å². The minimum atomic E-state index is 0.230. The fourth-order valence-electron chi connectivity index (χ4n) is 3.69. The van der Waals surface area contributed by atoms with Crippen LogP contribution >= 0.6 is 11.6 Å². The van der Waals surface area contributed by atoms with Crippen LogP contribution in [0, 0.1) is 11.8 Å². The Labute approximate surface area is 144 Å². The third kappa shape index (κ3) is 3.89. The van der Waals surface area contributed by atoms with Crippen molar-refractivity contribution in [1.29, 1.82) is 0 Å². The summed E-state index contributed by atoms with van der Waals surface area (Å²) >= 11 is 6.32. The molecule has 0 bridgehead atoms. The number of rotatable bonds is 5. The Morgan fingerprint density at radius 1 is 1.35 bits per heavy atom. The van der Waals surface area contributed by atoms with Crippen molar-refractivity contribution in [2.24, 2.45) is 11.8 Å². The lowest BCUT2D eigenvalue weighted by atomic mass is 9.88. The molecule has 4 heteroatoms. The number of carbonyl (C=O) groups is 1. The van der Waals surface area contributed by atoms with Crippen molar-refractivity contribution >= 4 is 17.5 Å². The first-order valence-electron chi connectivity index (χ1n) is 8.89. The number of carbonyl (C=O) groups excluding carboxylic acids is 1. The maximum Gasteiger partial charge on any atom is 0.225 e. The number of piperidine rings is 1. The highest BCUT2D eigenvalue weighted by atomic mass is 35.5. The van der Waals surface area contributed by atoms with Gasteiger partial charge in [-0.3, -0.25) is 4.79 Å². The van der Waals surface area contributed by atoms with Gasteiger partial charge in [-0.2, -0.15) is 0 Å². The molecule has 2 aliphatic rings. The average Bonchev–Trinajstić information content (AvgIpc) is 3.39. The number of benzene rings is 1. The molecule has 1 N–H and O–H groups in total. The van der Waals surface area contributed by atoms with Gasteiger partial charge in [0.25, 0.3) is 0 Å². The van der Waals surface area contributed by atoms with Crippen molar-refractivity contribution in [1.82, 2.24) is 10.2 Å². The van der Waals surface area contributed by atoms with E-state index in [0.29, 0.717) is 23.8 Å². The molecule has 3 atom stereocenters. The first-order valence-corrected chi connectivity index (χ1v) is 9.27. The van der Waals surface area contributed by atoms with E-state index in [1.807, 2.05) is 18.2 Å². The van der Waals surface area contributed by atoms with Crippen LogP contribution in [0.2, 0.25) is 5.02 Å². The minimum Gasteiger partial charge on any atom is -0.342 e. The maximum absolute atomic E-state index is 12.3. The molecular weight excluding hydrogens is 308 g/mol. The highest BCUT2D eigenvalue weighted by Crippen LogP contribution is 2.33. The molecule has 1 aromatic carbocycles. The van der Waals surface area contributed by atoms with Crippen LogP contribution in [-0.4, -0.2) is 29.9 Å². The lowest BCUT2D eigenvalue weighted by molar-refractivity contribution is -0.134. The van der Waals surface area contributed by atoms with Gasteiger partial charge in [-0.25, -0.2) is 0 Å². The van der Waals surface area contributed by atoms with Crippen LogP contribution < -0.4 is 5.32 Å². The van der Waals surface area contributed by atoms with Gasteiger partial charge in [0, 0.05) is 36.1 Å². The van der Waals surface area contributed by atoms with Gasteiger partial charge in [0.05, 0.1) is 0 Å². The lowest BCUT2D eigenvalue weighted by Crippen LogP contribution is -2.51. The van der Waals surface area contributed by atoms with Crippen LogP contribution in [0.3, 0.4) is 0 Å². The van der Waals surface area contributed by atoms with Gasteiger partial charge in [-0.1, -0.05) is 43.1 Å². The van der Waals surface area contributed by atoms with E-state index in [0.717, 1.165) is 49.4 Å². The Bertz CT molecular complexity index is 558. The van der Waals surface area contributed by atoms with Crippen molar-refractivity contribution in [3.05, 3.63) is 34.9 Å². The molecule has 126 valence electrons. The molecule has 1 saturated carbocycles. The van der Waals surface area contributed by atoms with Crippen LogP contribution in [0.4, 0.5) is 0 Å². The summed E-state index contributed by atoms with van der Waals surface area (Å²) in [4.78, 5) is 14.4. The number of nitrogens with one attached hydrogen (secondary N) is 1. The second-order valence-corrected chi connectivity index (χ2v) is 7.44. The standard InChI is InChI=1S/C19H27ClN2O/c1-3-14-12-22(19(23)15-8-9-15)11-10-18(14)21-13(2)16-6-4-5-7-17(16)20/h4-7,13-15,18,21H,3,8-12H2,1-2H3/t13-,14+,18+/m0/s1.